The second kappa shape index (κ2) is 8.56. The average molecular weight is 596 g/mol. The normalized spacial score (nSPS) is 32.2. The third-order valence-corrected chi connectivity index (χ3v) is 8.49. The molecule has 0 aromatic heterocycles. The van der Waals surface area contributed by atoms with Gasteiger partial charge in [0, 0.05) is 21.5 Å². The maximum absolute atomic E-state index is 13.7. The molecule has 6 unspecified atom stereocenters. The molecule has 0 heterocycles. The molecule has 0 spiro atoms. The number of nitrogens with two attached hydrogens (primary N) is 1. The lowest BCUT2D eigenvalue weighted by Gasteiger charge is -2.52. The summed E-state index contributed by atoms with van der Waals surface area (Å²) in [7, 11) is 3.07. The number of carbonyl (C=O) groups excluding carboxylic acids is 6. The standard InChI is InChI=1S/C24H25IN2O8/c1-8(28)4-10-7-13(25)11-5-9-6-12-17(27(2)3)20(31)16(23(26)34)22(33)24(12,35)21(32)14(9)19(30)15(11)18(10)29/h7,9,12,14,16-17,29,35H,4-6H2,1-3H3,(H2,26,34). The van der Waals surface area contributed by atoms with Crippen LogP contribution in [-0.2, 0) is 36.8 Å². The number of nitrogens with zero attached hydrogens (tertiary/aromatic N) is 1. The maximum Gasteiger partial charge on any atom is 0.235 e. The van der Waals surface area contributed by atoms with Crippen molar-refractivity contribution in [1.29, 1.82) is 0 Å². The zero-order valence-electron chi connectivity index (χ0n) is 19.3. The van der Waals surface area contributed by atoms with Crippen LogP contribution in [0.2, 0.25) is 0 Å². The molecule has 11 heteroatoms. The Morgan fingerprint density at radius 1 is 1.20 bits per heavy atom. The number of amides is 1. The Balaban J connectivity index is 1.87. The highest BCUT2D eigenvalue weighted by Gasteiger charge is 2.69. The van der Waals surface area contributed by atoms with Crippen molar-refractivity contribution in [3.63, 3.8) is 0 Å². The Kier molecular flexibility index (Phi) is 6.25. The molecule has 6 atom stereocenters. The Morgan fingerprint density at radius 2 is 1.83 bits per heavy atom. The van der Waals surface area contributed by atoms with Crippen LogP contribution >= 0.6 is 22.6 Å². The number of likely N-dealkylation sites (N-methyl/N-ethyl adjacent to an activating group) is 1. The van der Waals surface area contributed by atoms with Crippen molar-refractivity contribution in [2.45, 2.75) is 37.8 Å². The van der Waals surface area contributed by atoms with Crippen LogP contribution in [0.15, 0.2) is 6.07 Å². The van der Waals surface area contributed by atoms with Crippen LogP contribution in [0.1, 0.15) is 34.8 Å². The van der Waals surface area contributed by atoms with E-state index in [9.17, 15) is 39.0 Å². The number of primary amides is 1. The number of halogens is 1. The van der Waals surface area contributed by atoms with E-state index in [0.717, 1.165) is 0 Å². The van der Waals surface area contributed by atoms with Gasteiger partial charge in [-0.05, 0) is 74.0 Å². The number of hydrogen-bond donors (Lipinski definition) is 3. The zero-order valence-corrected chi connectivity index (χ0v) is 21.5. The first-order valence-electron chi connectivity index (χ1n) is 11.1. The van der Waals surface area contributed by atoms with Crippen LogP contribution < -0.4 is 5.73 Å². The first-order valence-corrected chi connectivity index (χ1v) is 12.2. The van der Waals surface area contributed by atoms with Gasteiger partial charge in [0.25, 0.3) is 0 Å². The summed E-state index contributed by atoms with van der Waals surface area (Å²) >= 11 is 2.01. The van der Waals surface area contributed by atoms with Crippen LogP contribution in [-0.4, -0.2) is 75.7 Å². The highest BCUT2D eigenvalue weighted by atomic mass is 127. The lowest BCUT2D eigenvalue weighted by atomic mass is 9.52. The van der Waals surface area contributed by atoms with Gasteiger partial charge in [-0.2, -0.15) is 0 Å². The Labute approximate surface area is 214 Å². The topological polar surface area (TPSA) is 172 Å². The predicted octanol–water partition coefficient (Wildman–Crippen LogP) is -0.397. The predicted molar refractivity (Wildman–Crippen MR) is 128 cm³/mol. The fourth-order valence-electron chi connectivity index (χ4n) is 6.08. The Bertz CT molecular complexity index is 1220. The van der Waals surface area contributed by atoms with Crippen LogP contribution in [0, 0.1) is 27.2 Å². The molecule has 1 aromatic rings. The lowest BCUT2D eigenvalue weighted by Crippen LogP contribution is -2.74. The molecule has 0 bridgehead atoms. The molecule has 0 aliphatic heterocycles. The van der Waals surface area contributed by atoms with E-state index in [2.05, 4.69) is 0 Å². The minimum absolute atomic E-state index is 0.00403. The molecule has 4 N–H and O–H groups in total. The summed E-state index contributed by atoms with van der Waals surface area (Å²) in [4.78, 5) is 78.7. The summed E-state index contributed by atoms with van der Waals surface area (Å²) in [5.74, 6) is -11.1. The van der Waals surface area contributed by atoms with Gasteiger partial charge in [0.15, 0.2) is 34.7 Å². The summed E-state index contributed by atoms with van der Waals surface area (Å²) in [5, 5.41) is 22.4. The molecular weight excluding hydrogens is 571 g/mol. The van der Waals surface area contributed by atoms with E-state index in [1.54, 1.807) is 6.07 Å². The molecule has 2 fully saturated rings. The SMILES string of the molecule is CC(=O)Cc1cc(I)c2c(c1O)C(=O)C1C(=O)C3(O)C(=O)C(C(N)=O)C(=O)C(N(C)C)C3CC1C2. The number of phenols is 1. The number of rotatable bonds is 4. The molecule has 3 aliphatic carbocycles. The van der Waals surface area contributed by atoms with E-state index in [-0.39, 0.29) is 36.2 Å². The van der Waals surface area contributed by atoms with E-state index in [4.69, 9.17) is 5.73 Å². The molecule has 0 saturated heterocycles. The average Bonchev–Trinajstić information content (AvgIpc) is 2.73. The van der Waals surface area contributed by atoms with E-state index in [1.165, 1.54) is 25.9 Å². The second-order valence-corrected chi connectivity index (χ2v) is 11.1. The quantitative estimate of drug-likeness (QED) is 0.309. The first kappa shape index (κ1) is 25.6. The van der Waals surface area contributed by atoms with Gasteiger partial charge in [-0.15, -0.1) is 0 Å². The van der Waals surface area contributed by atoms with Gasteiger partial charge in [-0.25, -0.2) is 0 Å². The zero-order chi connectivity index (χ0) is 26.1. The largest absolute Gasteiger partial charge is 0.507 e. The molecular formula is C24H25IN2O8. The summed E-state index contributed by atoms with van der Waals surface area (Å²) in [6, 6.07) is 0.486. The van der Waals surface area contributed by atoms with E-state index in [1.807, 2.05) is 22.6 Å². The van der Waals surface area contributed by atoms with Gasteiger partial charge >= 0.3 is 0 Å². The van der Waals surface area contributed by atoms with Crippen molar-refractivity contribution in [3.8, 4) is 5.75 Å². The van der Waals surface area contributed by atoms with Crippen molar-refractivity contribution in [1.82, 2.24) is 4.90 Å². The molecule has 1 aromatic carbocycles. The fourth-order valence-corrected chi connectivity index (χ4v) is 6.95. The summed E-state index contributed by atoms with van der Waals surface area (Å²) < 4.78 is 0.639. The van der Waals surface area contributed by atoms with Crippen LogP contribution in [0.3, 0.4) is 0 Å². The van der Waals surface area contributed by atoms with Crippen molar-refractivity contribution < 1.29 is 39.0 Å². The molecule has 1 amide bonds. The summed E-state index contributed by atoms with van der Waals surface area (Å²) in [6.45, 7) is 1.34. The summed E-state index contributed by atoms with van der Waals surface area (Å²) in [5.41, 5.74) is 3.21. The molecule has 4 rings (SSSR count). The third kappa shape index (κ3) is 3.58. The van der Waals surface area contributed by atoms with E-state index >= 15 is 0 Å². The monoisotopic (exact) mass is 596 g/mol. The van der Waals surface area contributed by atoms with Crippen molar-refractivity contribution in [3.05, 3.63) is 26.3 Å². The molecule has 3 aliphatic rings. The van der Waals surface area contributed by atoms with Crippen LogP contribution in [0.5, 0.6) is 5.75 Å². The van der Waals surface area contributed by atoms with Gasteiger partial charge in [0.1, 0.15) is 11.5 Å². The Morgan fingerprint density at radius 3 is 2.37 bits per heavy atom. The van der Waals surface area contributed by atoms with E-state index in [0.29, 0.717) is 9.13 Å². The highest BCUT2D eigenvalue weighted by Crippen LogP contribution is 2.51. The van der Waals surface area contributed by atoms with Crippen molar-refractivity contribution in [2.24, 2.45) is 29.4 Å². The number of carbonyl (C=O) groups is 6. The van der Waals surface area contributed by atoms with Crippen molar-refractivity contribution >= 4 is 57.4 Å². The molecule has 2 saturated carbocycles. The molecule has 10 nitrogen and oxygen atoms in total. The number of ketones is 5. The third-order valence-electron chi connectivity index (χ3n) is 7.53. The summed E-state index contributed by atoms with van der Waals surface area (Å²) in [6.07, 6.45) is 0.0792. The number of phenolic OH excluding ortho intramolecular Hbond substituents is 1. The maximum atomic E-state index is 13.7. The van der Waals surface area contributed by atoms with Crippen molar-refractivity contribution in [2.75, 3.05) is 14.1 Å². The van der Waals surface area contributed by atoms with Gasteiger partial charge in [-0.3, -0.25) is 33.7 Å². The fraction of sp³-hybridized carbons (Fsp3) is 0.500. The van der Waals surface area contributed by atoms with E-state index < -0.39 is 70.1 Å². The minimum atomic E-state index is -2.75. The number of aliphatic hydroxyl groups is 1. The van der Waals surface area contributed by atoms with Gasteiger partial charge in [0.2, 0.25) is 5.91 Å². The van der Waals surface area contributed by atoms with Gasteiger partial charge in [-0.1, -0.05) is 0 Å². The Hall–Kier alpha value is -2.51. The number of fused-ring (bicyclic) bond motifs is 3. The highest BCUT2D eigenvalue weighted by molar-refractivity contribution is 14.1. The smallest absolute Gasteiger partial charge is 0.235 e. The molecule has 35 heavy (non-hydrogen) atoms. The molecule has 186 valence electrons. The van der Waals surface area contributed by atoms with Crippen LogP contribution in [0.25, 0.3) is 0 Å². The van der Waals surface area contributed by atoms with Crippen LogP contribution in [0.4, 0.5) is 0 Å². The number of benzene rings is 1. The minimum Gasteiger partial charge on any atom is -0.507 e. The molecule has 0 radical (unpaired) electrons. The lowest BCUT2D eigenvalue weighted by molar-refractivity contribution is -0.181. The first-order chi connectivity index (χ1) is 16.2. The number of hydrogen-bond acceptors (Lipinski definition) is 9. The second-order valence-electron chi connectivity index (χ2n) is 9.89. The van der Waals surface area contributed by atoms with Gasteiger partial charge in [0.05, 0.1) is 17.5 Å². The number of aromatic hydroxyl groups is 1. The van der Waals surface area contributed by atoms with Gasteiger partial charge < -0.3 is 15.9 Å². The number of Topliss-reactive ketones (excluding diaryl/α,β-unsaturated/α-hetero) is 5.